The van der Waals surface area contributed by atoms with Gasteiger partial charge in [0, 0.05) is 30.3 Å². The molecule has 21 heavy (non-hydrogen) atoms. The second-order valence-electron chi connectivity index (χ2n) is 5.11. The number of nitrogen functional groups attached to an aromatic ring is 1. The minimum atomic E-state index is -0.0696. The van der Waals surface area contributed by atoms with E-state index in [-0.39, 0.29) is 5.91 Å². The molecule has 0 unspecified atom stereocenters. The first-order chi connectivity index (χ1) is 10.1. The van der Waals surface area contributed by atoms with Crippen LogP contribution in [0.3, 0.4) is 0 Å². The SMILES string of the molecule is COCCCCCNC(=O)c1sc2c(C)cccc2c1N. The van der Waals surface area contributed by atoms with E-state index < -0.39 is 0 Å². The van der Waals surface area contributed by atoms with Crippen LogP contribution in [-0.4, -0.2) is 26.2 Å². The Kier molecular flexibility index (Phi) is 5.59. The normalized spacial score (nSPS) is 11.0. The molecule has 2 rings (SSSR count). The molecule has 114 valence electrons. The Hall–Kier alpha value is -1.59. The van der Waals surface area contributed by atoms with Crippen LogP contribution in [0.5, 0.6) is 0 Å². The standard InChI is InChI=1S/C16H22N2O2S/c1-11-7-6-8-12-13(17)15(21-14(11)12)16(19)18-9-4-3-5-10-20-2/h6-8H,3-5,9-10,17H2,1-2H3,(H,18,19). The molecule has 2 aromatic rings. The quantitative estimate of drug-likeness (QED) is 0.771. The van der Waals surface area contributed by atoms with Gasteiger partial charge in [-0.15, -0.1) is 11.3 Å². The third-order valence-electron chi connectivity index (χ3n) is 3.47. The van der Waals surface area contributed by atoms with Crippen molar-refractivity contribution in [2.75, 3.05) is 26.0 Å². The number of methoxy groups -OCH3 is 1. The van der Waals surface area contributed by atoms with Crippen molar-refractivity contribution < 1.29 is 9.53 Å². The van der Waals surface area contributed by atoms with Crippen molar-refractivity contribution in [3.05, 3.63) is 28.6 Å². The van der Waals surface area contributed by atoms with Gasteiger partial charge >= 0.3 is 0 Å². The van der Waals surface area contributed by atoms with E-state index in [1.807, 2.05) is 25.1 Å². The fraction of sp³-hybridized carbons (Fsp3) is 0.438. The third-order valence-corrected chi connectivity index (χ3v) is 4.82. The Morgan fingerprint density at radius 1 is 1.33 bits per heavy atom. The van der Waals surface area contributed by atoms with E-state index in [1.165, 1.54) is 11.3 Å². The van der Waals surface area contributed by atoms with Crippen LogP contribution in [0.2, 0.25) is 0 Å². The molecule has 0 spiro atoms. The van der Waals surface area contributed by atoms with Crippen LogP contribution in [0.25, 0.3) is 10.1 Å². The summed E-state index contributed by atoms with van der Waals surface area (Å²) in [6, 6.07) is 5.98. The van der Waals surface area contributed by atoms with Crippen molar-refractivity contribution in [2.45, 2.75) is 26.2 Å². The molecule has 5 heteroatoms. The molecular weight excluding hydrogens is 284 g/mol. The maximum atomic E-state index is 12.2. The fourth-order valence-electron chi connectivity index (χ4n) is 2.28. The molecule has 1 heterocycles. The van der Waals surface area contributed by atoms with Gasteiger partial charge in [0.1, 0.15) is 4.88 Å². The average Bonchev–Trinajstić information content (AvgIpc) is 2.82. The number of rotatable bonds is 7. The number of unbranched alkanes of at least 4 members (excludes halogenated alkanes) is 2. The van der Waals surface area contributed by atoms with Crippen molar-refractivity contribution in [3.63, 3.8) is 0 Å². The number of anilines is 1. The molecule has 4 nitrogen and oxygen atoms in total. The second kappa shape index (κ2) is 7.43. The van der Waals surface area contributed by atoms with Crippen molar-refractivity contribution in [3.8, 4) is 0 Å². The van der Waals surface area contributed by atoms with Crippen LogP contribution in [0.1, 0.15) is 34.5 Å². The summed E-state index contributed by atoms with van der Waals surface area (Å²) in [7, 11) is 1.70. The van der Waals surface area contributed by atoms with Gasteiger partial charge in [0.05, 0.1) is 5.69 Å². The van der Waals surface area contributed by atoms with Crippen molar-refractivity contribution >= 4 is 33.0 Å². The van der Waals surface area contributed by atoms with Gasteiger partial charge in [-0.05, 0) is 31.7 Å². The molecule has 0 bridgehead atoms. The summed E-state index contributed by atoms with van der Waals surface area (Å²) >= 11 is 1.47. The van der Waals surface area contributed by atoms with E-state index in [4.69, 9.17) is 10.5 Å². The second-order valence-corrected chi connectivity index (χ2v) is 6.13. The summed E-state index contributed by atoms with van der Waals surface area (Å²) < 4.78 is 6.09. The first-order valence-electron chi connectivity index (χ1n) is 7.20. The van der Waals surface area contributed by atoms with Crippen molar-refractivity contribution in [1.29, 1.82) is 0 Å². The Bertz CT molecular complexity index is 622. The highest BCUT2D eigenvalue weighted by Crippen LogP contribution is 2.35. The van der Waals surface area contributed by atoms with Gasteiger partial charge in [0.25, 0.3) is 5.91 Å². The number of hydrogen-bond acceptors (Lipinski definition) is 4. The van der Waals surface area contributed by atoms with Gasteiger partial charge in [0.2, 0.25) is 0 Å². The number of ether oxygens (including phenoxy) is 1. The van der Waals surface area contributed by atoms with Crippen LogP contribution < -0.4 is 11.1 Å². The summed E-state index contributed by atoms with van der Waals surface area (Å²) in [5, 5.41) is 3.92. The molecule has 0 aliphatic rings. The first kappa shape index (κ1) is 15.8. The highest BCUT2D eigenvalue weighted by Gasteiger charge is 2.16. The summed E-state index contributed by atoms with van der Waals surface area (Å²) in [6.45, 7) is 3.49. The van der Waals surface area contributed by atoms with Gasteiger partial charge in [-0.1, -0.05) is 18.2 Å². The minimum Gasteiger partial charge on any atom is -0.397 e. The van der Waals surface area contributed by atoms with E-state index in [1.54, 1.807) is 7.11 Å². The predicted octanol–water partition coefficient (Wildman–Crippen LogP) is 3.34. The topological polar surface area (TPSA) is 64.3 Å². The molecular formula is C16H22N2O2S. The molecule has 0 radical (unpaired) electrons. The zero-order valence-corrected chi connectivity index (χ0v) is 13.4. The number of aryl methyl sites for hydroxylation is 1. The van der Waals surface area contributed by atoms with Crippen LogP contribution in [0.4, 0.5) is 5.69 Å². The van der Waals surface area contributed by atoms with E-state index >= 15 is 0 Å². The Labute approximate surface area is 129 Å². The molecule has 0 fully saturated rings. The van der Waals surface area contributed by atoms with Gasteiger partial charge in [-0.2, -0.15) is 0 Å². The number of nitrogens with two attached hydrogens (primary N) is 1. The molecule has 0 atom stereocenters. The number of fused-ring (bicyclic) bond motifs is 1. The molecule has 0 saturated carbocycles. The summed E-state index contributed by atoms with van der Waals surface area (Å²) in [6.07, 6.45) is 3.03. The largest absolute Gasteiger partial charge is 0.397 e. The maximum Gasteiger partial charge on any atom is 0.263 e. The molecule has 0 aliphatic heterocycles. The number of hydrogen-bond donors (Lipinski definition) is 2. The Morgan fingerprint density at radius 3 is 2.86 bits per heavy atom. The lowest BCUT2D eigenvalue weighted by molar-refractivity contribution is 0.0957. The molecule has 1 aromatic heterocycles. The summed E-state index contributed by atoms with van der Waals surface area (Å²) in [4.78, 5) is 12.9. The van der Waals surface area contributed by atoms with E-state index in [0.717, 1.165) is 41.5 Å². The van der Waals surface area contributed by atoms with Crippen molar-refractivity contribution in [1.82, 2.24) is 5.32 Å². The smallest absolute Gasteiger partial charge is 0.263 e. The molecule has 1 amide bonds. The zero-order chi connectivity index (χ0) is 15.2. The summed E-state index contributed by atoms with van der Waals surface area (Å²) in [5.74, 6) is -0.0696. The lowest BCUT2D eigenvalue weighted by atomic mass is 10.1. The number of nitrogens with one attached hydrogen (secondary N) is 1. The molecule has 3 N–H and O–H groups in total. The first-order valence-corrected chi connectivity index (χ1v) is 8.01. The predicted molar refractivity (Wildman–Crippen MR) is 89.0 cm³/mol. The number of carbonyl (C=O) groups is 1. The van der Waals surface area contributed by atoms with E-state index in [9.17, 15) is 4.79 Å². The maximum absolute atomic E-state index is 12.2. The van der Waals surface area contributed by atoms with Gasteiger partial charge in [0.15, 0.2) is 0 Å². The zero-order valence-electron chi connectivity index (χ0n) is 12.6. The highest BCUT2D eigenvalue weighted by atomic mass is 32.1. The lowest BCUT2D eigenvalue weighted by Gasteiger charge is -2.04. The van der Waals surface area contributed by atoms with Crippen LogP contribution in [-0.2, 0) is 4.74 Å². The highest BCUT2D eigenvalue weighted by molar-refractivity contribution is 7.21. The van der Waals surface area contributed by atoms with E-state index in [2.05, 4.69) is 5.32 Å². The lowest BCUT2D eigenvalue weighted by Crippen LogP contribution is -2.24. The Morgan fingerprint density at radius 2 is 2.14 bits per heavy atom. The van der Waals surface area contributed by atoms with Crippen LogP contribution >= 0.6 is 11.3 Å². The monoisotopic (exact) mass is 306 g/mol. The fourth-order valence-corrected chi connectivity index (χ4v) is 3.38. The summed E-state index contributed by atoms with van der Waals surface area (Å²) in [5.41, 5.74) is 7.86. The number of carbonyl (C=O) groups excluding carboxylic acids is 1. The van der Waals surface area contributed by atoms with Gasteiger partial charge in [-0.25, -0.2) is 0 Å². The number of benzene rings is 1. The number of amides is 1. The Balaban J connectivity index is 1.97. The van der Waals surface area contributed by atoms with E-state index in [0.29, 0.717) is 17.1 Å². The van der Waals surface area contributed by atoms with Gasteiger partial charge < -0.3 is 15.8 Å². The molecule has 1 aromatic carbocycles. The van der Waals surface area contributed by atoms with Crippen molar-refractivity contribution in [2.24, 2.45) is 0 Å². The van der Waals surface area contributed by atoms with Crippen LogP contribution in [0.15, 0.2) is 18.2 Å². The molecule has 0 saturated heterocycles. The average molecular weight is 306 g/mol. The number of thiophene rings is 1. The third kappa shape index (κ3) is 3.74. The molecule has 0 aliphatic carbocycles. The minimum absolute atomic E-state index is 0.0696. The van der Waals surface area contributed by atoms with Gasteiger partial charge in [-0.3, -0.25) is 4.79 Å². The van der Waals surface area contributed by atoms with Crippen LogP contribution in [0, 0.1) is 6.92 Å².